The van der Waals surface area contributed by atoms with Crippen molar-refractivity contribution in [3.05, 3.63) is 88.8 Å². The fourth-order valence-electron chi connectivity index (χ4n) is 2.81. The second kappa shape index (κ2) is 9.85. The summed E-state index contributed by atoms with van der Waals surface area (Å²) < 4.78 is 0. The van der Waals surface area contributed by atoms with E-state index in [9.17, 15) is 4.79 Å². The first-order valence-electron chi connectivity index (χ1n) is 9.29. The molecule has 1 N–H and O–H groups in total. The van der Waals surface area contributed by atoms with Gasteiger partial charge < -0.3 is 10.2 Å². The van der Waals surface area contributed by atoms with Gasteiger partial charge in [0.1, 0.15) is 11.5 Å². The topological polar surface area (TPSA) is 58.1 Å². The summed E-state index contributed by atoms with van der Waals surface area (Å²) in [6.07, 6.45) is 3.98. The van der Waals surface area contributed by atoms with Crippen LogP contribution in [0.15, 0.2) is 67.0 Å². The van der Waals surface area contributed by atoms with Crippen molar-refractivity contribution in [1.29, 1.82) is 0 Å². The number of anilines is 1. The summed E-state index contributed by atoms with van der Waals surface area (Å²) in [4.78, 5) is 23.1. The van der Waals surface area contributed by atoms with Gasteiger partial charge in [0.2, 0.25) is 0 Å². The lowest BCUT2D eigenvalue weighted by Crippen LogP contribution is -2.31. The van der Waals surface area contributed by atoms with Gasteiger partial charge in [-0.2, -0.15) is 0 Å². The van der Waals surface area contributed by atoms with Crippen molar-refractivity contribution in [3.8, 4) is 0 Å². The van der Waals surface area contributed by atoms with E-state index in [0.29, 0.717) is 24.6 Å². The van der Waals surface area contributed by atoms with Crippen LogP contribution in [0, 0.1) is 0 Å². The first-order chi connectivity index (χ1) is 13.7. The number of hydrogen-bond acceptors (Lipinski definition) is 4. The van der Waals surface area contributed by atoms with E-state index >= 15 is 0 Å². The second-order valence-corrected chi connectivity index (χ2v) is 6.83. The molecule has 28 heavy (non-hydrogen) atoms. The lowest BCUT2D eigenvalue weighted by Gasteiger charge is -2.20. The van der Waals surface area contributed by atoms with Gasteiger partial charge in [-0.3, -0.25) is 4.79 Å². The van der Waals surface area contributed by atoms with E-state index in [-0.39, 0.29) is 5.91 Å². The Bertz CT molecular complexity index is 883. The quantitative estimate of drug-likeness (QED) is 0.613. The maximum atomic E-state index is 12.7. The van der Waals surface area contributed by atoms with Crippen LogP contribution in [0.25, 0.3) is 0 Å². The van der Waals surface area contributed by atoms with E-state index in [0.717, 1.165) is 23.6 Å². The Hall–Kier alpha value is -2.92. The van der Waals surface area contributed by atoms with E-state index < -0.39 is 0 Å². The third kappa shape index (κ3) is 5.54. The van der Waals surface area contributed by atoms with Crippen molar-refractivity contribution >= 4 is 23.3 Å². The van der Waals surface area contributed by atoms with Gasteiger partial charge in [0.05, 0.1) is 12.4 Å². The smallest absolute Gasteiger partial charge is 0.274 e. The molecule has 1 heterocycles. The standard InChI is InChI=1S/C22H23ClN4O/c1-2-27(16-18-6-4-3-5-7-18)22(28)20-14-26-21(15-25-20)24-13-12-17-8-10-19(23)11-9-17/h3-11,14-15H,2,12-13,16H2,1H3,(H,24,26). The first kappa shape index (κ1) is 19.8. The predicted octanol–water partition coefficient (Wildman–Crippen LogP) is 4.45. The van der Waals surface area contributed by atoms with Crippen LogP contribution in [0.4, 0.5) is 5.82 Å². The Balaban J connectivity index is 1.55. The van der Waals surface area contributed by atoms with Crippen molar-refractivity contribution < 1.29 is 4.79 Å². The average molecular weight is 395 g/mol. The van der Waals surface area contributed by atoms with Gasteiger partial charge in [-0.05, 0) is 36.6 Å². The van der Waals surface area contributed by atoms with Gasteiger partial charge >= 0.3 is 0 Å². The van der Waals surface area contributed by atoms with Gasteiger partial charge in [0.25, 0.3) is 5.91 Å². The molecule has 0 spiro atoms. The molecule has 0 bridgehead atoms. The zero-order valence-corrected chi connectivity index (χ0v) is 16.6. The van der Waals surface area contributed by atoms with E-state index in [2.05, 4.69) is 15.3 Å². The summed E-state index contributed by atoms with van der Waals surface area (Å²) in [6.45, 7) is 3.84. The summed E-state index contributed by atoms with van der Waals surface area (Å²) in [5, 5.41) is 3.96. The SMILES string of the molecule is CCN(Cc1ccccc1)C(=O)c1cnc(NCCc2ccc(Cl)cc2)cn1. The minimum absolute atomic E-state index is 0.119. The third-order valence-electron chi connectivity index (χ3n) is 4.39. The number of amides is 1. The van der Waals surface area contributed by atoms with Crippen LogP contribution in [0.3, 0.4) is 0 Å². The molecule has 5 nitrogen and oxygen atoms in total. The van der Waals surface area contributed by atoms with E-state index in [4.69, 9.17) is 11.6 Å². The molecule has 0 atom stereocenters. The Morgan fingerprint density at radius 1 is 1.00 bits per heavy atom. The highest BCUT2D eigenvalue weighted by atomic mass is 35.5. The highest BCUT2D eigenvalue weighted by Crippen LogP contribution is 2.11. The van der Waals surface area contributed by atoms with Crippen LogP contribution in [0.1, 0.15) is 28.5 Å². The number of benzene rings is 2. The molecular weight excluding hydrogens is 372 g/mol. The predicted molar refractivity (Wildman–Crippen MR) is 113 cm³/mol. The molecule has 1 amide bonds. The zero-order chi connectivity index (χ0) is 19.8. The van der Waals surface area contributed by atoms with Crippen LogP contribution in [0.2, 0.25) is 5.02 Å². The number of hydrogen-bond donors (Lipinski definition) is 1. The van der Waals surface area contributed by atoms with Gasteiger partial charge in [0.15, 0.2) is 0 Å². The summed E-state index contributed by atoms with van der Waals surface area (Å²) in [5.74, 6) is 0.531. The number of aromatic nitrogens is 2. The molecule has 0 aliphatic heterocycles. The molecule has 0 saturated heterocycles. The molecule has 144 valence electrons. The zero-order valence-electron chi connectivity index (χ0n) is 15.8. The lowest BCUT2D eigenvalue weighted by molar-refractivity contribution is 0.0746. The molecular formula is C22H23ClN4O. The fourth-order valence-corrected chi connectivity index (χ4v) is 2.93. The number of rotatable bonds is 8. The second-order valence-electron chi connectivity index (χ2n) is 6.40. The molecule has 0 saturated carbocycles. The monoisotopic (exact) mass is 394 g/mol. The highest BCUT2D eigenvalue weighted by molar-refractivity contribution is 6.30. The van der Waals surface area contributed by atoms with Gasteiger partial charge in [-0.25, -0.2) is 9.97 Å². The molecule has 3 rings (SSSR count). The molecule has 6 heteroatoms. The van der Waals surface area contributed by atoms with Crippen LogP contribution >= 0.6 is 11.6 Å². The Kier molecular flexibility index (Phi) is 6.98. The molecule has 1 aromatic heterocycles. The molecule has 0 fully saturated rings. The molecule has 0 aliphatic rings. The highest BCUT2D eigenvalue weighted by Gasteiger charge is 2.16. The summed E-state index contributed by atoms with van der Waals surface area (Å²) in [6, 6.07) is 17.7. The number of carbonyl (C=O) groups is 1. The minimum Gasteiger partial charge on any atom is -0.368 e. The van der Waals surface area contributed by atoms with Crippen LogP contribution in [0.5, 0.6) is 0 Å². The van der Waals surface area contributed by atoms with Gasteiger partial charge in [-0.15, -0.1) is 0 Å². The van der Waals surface area contributed by atoms with E-state index in [1.807, 2.05) is 61.5 Å². The van der Waals surface area contributed by atoms with Crippen LogP contribution < -0.4 is 5.32 Å². The molecule has 2 aromatic carbocycles. The molecule has 0 unspecified atom stereocenters. The summed E-state index contributed by atoms with van der Waals surface area (Å²) in [5.41, 5.74) is 2.63. The van der Waals surface area contributed by atoms with Gasteiger partial charge in [-0.1, -0.05) is 54.1 Å². The van der Waals surface area contributed by atoms with Crippen LogP contribution in [-0.2, 0) is 13.0 Å². The van der Waals surface area contributed by atoms with Crippen molar-refractivity contribution in [2.45, 2.75) is 19.9 Å². The number of nitrogens with one attached hydrogen (secondary N) is 1. The van der Waals surface area contributed by atoms with Crippen LogP contribution in [-0.4, -0.2) is 33.9 Å². The number of halogens is 1. The Labute approximate surface area is 170 Å². The van der Waals surface area contributed by atoms with Crippen molar-refractivity contribution in [3.63, 3.8) is 0 Å². The number of nitrogens with zero attached hydrogens (tertiary/aromatic N) is 3. The minimum atomic E-state index is -0.119. The van der Waals surface area contributed by atoms with Crippen molar-refractivity contribution in [2.75, 3.05) is 18.4 Å². The maximum absolute atomic E-state index is 12.7. The van der Waals surface area contributed by atoms with E-state index in [1.54, 1.807) is 11.1 Å². The Morgan fingerprint density at radius 2 is 1.75 bits per heavy atom. The largest absolute Gasteiger partial charge is 0.368 e. The third-order valence-corrected chi connectivity index (χ3v) is 4.64. The molecule has 3 aromatic rings. The molecule has 0 aliphatic carbocycles. The van der Waals surface area contributed by atoms with Gasteiger partial charge in [0, 0.05) is 24.7 Å². The maximum Gasteiger partial charge on any atom is 0.274 e. The van der Waals surface area contributed by atoms with E-state index in [1.165, 1.54) is 11.8 Å². The first-order valence-corrected chi connectivity index (χ1v) is 9.67. The lowest BCUT2D eigenvalue weighted by atomic mass is 10.1. The number of carbonyl (C=O) groups excluding carboxylic acids is 1. The summed E-state index contributed by atoms with van der Waals surface area (Å²) >= 11 is 5.90. The Morgan fingerprint density at radius 3 is 2.39 bits per heavy atom. The van der Waals surface area contributed by atoms with Crippen molar-refractivity contribution in [1.82, 2.24) is 14.9 Å². The normalized spacial score (nSPS) is 10.5. The summed E-state index contributed by atoms with van der Waals surface area (Å²) in [7, 11) is 0. The molecule has 0 radical (unpaired) electrons. The average Bonchev–Trinajstić information content (AvgIpc) is 2.74. The van der Waals surface area contributed by atoms with Crippen molar-refractivity contribution in [2.24, 2.45) is 0 Å². The fraction of sp³-hybridized carbons (Fsp3) is 0.227.